The minimum atomic E-state index is -0.539. The normalized spacial score (nSPS) is 21.6. The molecule has 1 aromatic rings. The van der Waals surface area contributed by atoms with Crippen LogP contribution in [0, 0.1) is 6.92 Å². The summed E-state index contributed by atoms with van der Waals surface area (Å²) in [5.41, 5.74) is 1.47. The second-order valence-electron chi connectivity index (χ2n) is 6.46. The van der Waals surface area contributed by atoms with Crippen molar-refractivity contribution in [3.63, 3.8) is 0 Å². The molecule has 0 radical (unpaired) electrons. The number of anilines is 1. The molecule has 19 heavy (non-hydrogen) atoms. The lowest BCUT2D eigenvalue weighted by Gasteiger charge is -2.47. The molecule has 0 aromatic heterocycles. The Kier molecular flexibility index (Phi) is 3.52. The van der Waals surface area contributed by atoms with Crippen molar-refractivity contribution in [2.75, 3.05) is 11.4 Å². The van der Waals surface area contributed by atoms with Crippen molar-refractivity contribution >= 4 is 27.5 Å². The predicted molar refractivity (Wildman–Crippen MR) is 82.5 cm³/mol. The number of hydrogen-bond acceptors (Lipinski definition) is 2. The van der Waals surface area contributed by atoms with E-state index in [1.807, 2.05) is 37.8 Å². The van der Waals surface area contributed by atoms with Crippen molar-refractivity contribution in [2.24, 2.45) is 0 Å². The average molecular weight is 325 g/mol. The molecule has 1 fully saturated rings. The number of benzene rings is 1. The van der Waals surface area contributed by atoms with E-state index < -0.39 is 5.54 Å². The van der Waals surface area contributed by atoms with Crippen LogP contribution in [0.25, 0.3) is 0 Å². The number of rotatable bonds is 1. The molecule has 1 aliphatic rings. The smallest absolute Gasteiger partial charge is 0.246 e. The molecule has 0 saturated carbocycles. The number of amides is 1. The summed E-state index contributed by atoms with van der Waals surface area (Å²) < 4.78 is 1.07. The van der Waals surface area contributed by atoms with Crippen molar-refractivity contribution in [3.05, 3.63) is 28.2 Å². The van der Waals surface area contributed by atoms with Gasteiger partial charge in [-0.25, -0.2) is 0 Å². The van der Waals surface area contributed by atoms with Gasteiger partial charge in [0.15, 0.2) is 0 Å². The first kappa shape index (κ1) is 14.5. The molecule has 4 heteroatoms. The Morgan fingerprint density at radius 2 is 1.89 bits per heavy atom. The second kappa shape index (κ2) is 4.60. The molecule has 0 unspecified atom stereocenters. The van der Waals surface area contributed by atoms with Gasteiger partial charge in [-0.3, -0.25) is 10.1 Å². The van der Waals surface area contributed by atoms with Crippen LogP contribution in [0.5, 0.6) is 0 Å². The molecule has 2 rings (SSSR count). The van der Waals surface area contributed by atoms with Gasteiger partial charge in [-0.05, 0) is 58.4 Å². The lowest BCUT2D eigenvalue weighted by atomic mass is 9.90. The van der Waals surface area contributed by atoms with Gasteiger partial charge in [-0.15, -0.1) is 0 Å². The summed E-state index contributed by atoms with van der Waals surface area (Å²) in [5, 5.41) is 3.41. The van der Waals surface area contributed by atoms with E-state index in [0.717, 1.165) is 15.7 Å². The molecular formula is C15H21BrN2O. The van der Waals surface area contributed by atoms with Crippen molar-refractivity contribution in [3.8, 4) is 0 Å². The lowest BCUT2D eigenvalue weighted by molar-refractivity contribution is -0.126. The van der Waals surface area contributed by atoms with E-state index in [9.17, 15) is 4.79 Å². The molecule has 1 heterocycles. The van der Waals surface area contributed by atoms with Gasteiger partial charge in [-0.1, -0.05) is 15.9 Å². The van der Waals surface area contributed by atoms with E-state index in [4.69, 9.17) is 0 Å². The fraction of sp³-hybridized carbons (Fsp3) is 0.533. The highest BCUT2D eigenvalue weighted by Gasteiger charge is 2.43. The second-order valence-corrected chi connectivity index (χ2v) is 7.31. The number of halogens is 1. The van der Waals surface area contributed by atoms with Gasteiger partial charge in [0.25, 0.3) is 0 Å². The van der Waals surface area contributed by atoms with E-state index in [0.29, 0.717) is 6.54 Å². The summed E-state index contributed by atoms with van der Waals surface area (Å²) in [6.45, 7) is 10.8. The van der Waals surface area contributed by atoms with Crippen LogP contribution in [0.1, 0.15) is 33.3 Å². The Bertz CT molecular complexity index is 523. The fourth-order valence-electron chi connectivity index (χ4n) is 2.75. The van der Waals surface area contributed by atoms with Gasteiger partial charge >= 0.3 is 0 Å². The highest BCUT2D eigenvalue weighted by atomic mass is 79.9. The highest BCUT2D eigenvalue weighted by molar-refractivity contribution is 9.10. The van der Waals surface area contributed by atoms with Gasteiger partial charge in [0, 0.05) is 22.2 Å². The van der Waals surface area contributed by atoms with Crippen LogP contribution in [0.3, 0.4) is 0 Å². The van der Waals surface area contributed by atoms with Crippen LogP contribution in [-0.4, -0.2) is 23.5 Å². The third kappa shape index (κ3) is 2.84. The third-order valence-electron chi connectivity index (χ3n) is 3.44. The van der Waals surface area contributed by atoms with E-state index in [1.54, 1.807) is 0 Å². The maximum Gasteiger partial charge on any atom is 0.246 e. The standard InChI is InChI=1S/C15H21BrN2O/c1-10-8-11(6-7-12(10)16)18-9-14(2,3)17-15(4,5)13(18)19/h6-8,17H,9H2,1-5H3. The Morgan fingerprint density at radius 1 is 1.26 bits per heavy atom. The third-order valence-corrected chi connectivity index (χ3v) is 4.33. The van der Waals surface area contributed by atoms with Crippen LogP contribution >= 0.6 is 15.9 Å². The summed E-state index contributed by atoms with van der Waals surface area (Å²) in [7, 11) is 0. The number of aryl methyl sites for hydroxylation is 1. The van der Waals surface area contributed by atoms with Crippen LogP contribution < -0.4 is 10.2 Å². The first-order valence-corrected chi connectivity index (χ1v) is 7.29. The molecule has 1 saturated heterocycles. The van der Waals surface area contributed by atoms with E-state index in [2.05, 4.69) is 41.2 Å². The molecule has 104 valence electrons. The van der Waals surface area contributed by atoms with Crippen molar-refractivity contribution in [1.29, 1.82) is 0 Å². The first-order chi connectivity index (χ1) is 8.62. The Hall–Kier alpha value is -0.870. The van der Waals surface area contributed by atoms with Gasteiger partial charge < -0.3 is 4.90 Å². The summed E-state index contributed by atoms with van der Waals surface area (Å²) in [6.07, 6.45) is 0. The Labute approximate surface area is 123 Å². The number of hydrogen-bond donors (Lipinski definition) is 1. The largest absolute Gasteiger partial charge is 0.309 e. The van der Waals surface area contributed by atoms with Gasteiger partial charge in [0.1, 0.15) is 0 Å². The van der Waals surface area contributed by atoms with E-state index in [-0.39, 0.29) is 11.4 Å². The summed E-state index contributed by atoms with van der Waals surface area (Å²) in [4.78, 5) is 14.5. The minimum absolute atomic E-state index is 0.0988. The maximum absolute atomic E-state index is 12.6. The SMILES string of the molecule is Cc1cc(N2CC(C)(C)NC(C)(C)C2=O)ccc1Br. The summed E-state index contributed by atoms with van der Waals surface area (Å²) in [5.74, 6) is 0.119. The molecule has 0 bridgehead atoms. The summed E-state index contributed by atoms with van der Waals surface area (Å²) >= 11 is 3.50. The molecule has 1 aromatic carbocycles. The Morgan fingerprint density at radius 3 is 2.47 bits per heavy atom. The molecule has 1 aliphatic heterocycles. The van der Waals surface area contributed by atoms with Gasteiger partial charge in [0.2, 0.25) is 5.91 Å². The van der Waals surface area contributed by atoms with Gasteiger partial charge in [0.05, 0.1) is 5.54 Å². The number of nitrogens with one attached hydrogen (secondary N) is 1. The first-order valence-electron chi connectivity index (χ1n) is 6.50. The summed E-state index contributed by atoms with van der Waals surface area (Å²) in [6, 6.07) is 6.05. The van der Waals surface area contributed by atoms with E-state index >= 15 is 0 Å². The van der Waals surface area contributed by atoms with Crippen LogP contribution in [-0.2, 0) is 4.79 Å². The van der Waals surface area contributed by atoms with Crippen LogP contribution in [0.2, 0.25) is 0 Å². The minimum Gasteiger partial charge on any atom is -0.309 e. The molecule has 1 amide bonds. The number of carbonyl (C=O) groups is 1. The van der Waals surface area contributed by atoms with Crippen LogP contribution in [0.4, 0.5) is 5.69 Å². The Balaban J connectivity index is 2.42. The molecular weight excluding hydrogens is 304 g/mol. The fourth-order valence-corrected chi connectivity index (χ4v) is 3.00. The van der Waals surface area contributed by atoms with Crippen molar-refractivity contribution in [2.45, 2.75) is 45.7 Å². The van der Waals surface area contributed by atoms with E-state index in [1.165, 1.54) is 0 Å². The predicted octanol–water partition coefficient (Wildman–Crippen LogP) is 3.25. The molecule has 1 N–H and O–H groups in total. The number of carbonyl (C=O) groups excluding carboxylic acids is 1. The zero-order chi connectivity index (χ0) is 14.4. The van der Waals surface area contributed by atoms with Gasteiger partial charge in [-0.2, -0.15) is 0 Å². The monoisotopic (exact) mass is 324 g/mol. The lowest BCUT2D eigenvalue weighted by Crippen LogP contribution is -2.70. The number of nitrogens with zero attached hydrogens (tertiary/aromatic N) is 1. The zero-order valence-corrected chi connectivity index (χ0v) is 13.8. The quantitative estimate of drug-likeness (QED) is 0.860. The zero-order valence-electron chi connectivity index (χ0n) is 12.2. The maximum atomic E-state index is 12.6. The number of piperazine rings is 1. The molecule has 0 aliphatic carbocycles. The molecule has 3 nitrogen and oxygen atoms in total. The topological polar surface area (TPSA) is 32.3 Å². The highest BCUT2D eigenvalue weighted by Crippen LogP contribution is 2.29. The molecule has 0 atom stereocenters. The van der Waals surface area contributed by atoms with Crippen molar-refractivity contribution < 1.29 is 4.79 Å². The molecule has 0 spiro atoms. The van der Waals surface area contributed by atoms with Crippen LogP contribution in [0.15, 0.2) is 22.7 Å². The van der Waals surface area contributed by atoms with Crippen molar-refractivity contribution in [1.82, 2.24) is 5.32 Å². The average Bonchev–Trinajstić information content (AvgIpc) is 2.26.